The summed E-state index contributed by atoms with van der Waals surface area (Å²) in [6.07, 6.45) is -10.8. The molecule has 4 fully saturated rings. The molecule has 0 aromatic heterocycles. The van der Waals surface area contributed by atoms with Gasteiger partial charge in [-0.05, 0) is 68.1 Å². The molecular formula is C18H22F6O3. The van der Waals surface area contributed by atoms with E-state index in [-0.39, 0.29) is 11.8 Å². The number of aliphatic hydroxyl groups is 1. The van der Waals surface area contributed by atoms with Gasteiger partial charge in [-0.3, -0.25) is 0 Å². The van der Waals surface area contributed by atoms with Gasteiger partial charge in [0.1, 0.15) is 6.10 Å². The van der Waals surface area contributed by atoms with Gasteiger partial charge in [-0.2, -0.15) is 26.3 Å². The molecule has 0 heterocycles. The number of carbonyl (C=O) groups is 1. The number of hydrogen-bond donors (Lipinski definition) is 1. The van der Waals surface area contributed by atoms with E-state index in [1.54, 1.807) is 0 Å². The largest absolute Gasteiger partial charge is 0.455 e. The molecule has 4 aliphatic carbocycles. The fourth-order valence-corrected chi connectivity index (χ4v) is 5.69. The number of carbonyl (C=O) groups excluding carboxylic acids is 1. The van der Waals surface area contributed by atoms with Crippen LogP contribution in [0.2, 0.25) is 0 Å². The van der Waals surface area contributed by atoms with E-state index in [2.05, 4.69) is 11.3 Å². The van der Waals surface area contributed by atoms with Crippen LogP contribution < -0.4 is 0 Å². The lowest BCUT2D eigenvalue weighted by Gasteiger charge is -2.55. The van der Waals surface area contributed by atoms with Crippen molar-refractivity contribution in [2.45, 2.75) is 62.6 Å². The molecule has 0 spiro atoms. The van der Waals surface area contributed by atoms with Gasteiger partial charge in [0.05, 0.1) is 0 Å². The van der Waals surface area contributed by atoms with Crippen LogP contribution in [0.15, 0.2) is 12.7 Å². The van der Waals surface area contributed by atoms with Crippen LogP contribution in [0.1, 0.15) is 38.5 Å². The summed E-state index contributed by atoms with van der Waals surface area (Å²) in [6, 6.07) is 0. The highest BCUT2D eigenvalue weighted by Crippen LogP contribution is 2.59. The van der Waals surface area contributed by atoms with E-state index < -0.39 is 42.4 Å². The monoisotopic (exact) mass is 400 g/mol. The van der Waals surface area contributed by atoms with E-state index in [4.69, 9.17) is 0 Å². The molecule has 0 amide bonds. The van der Waals surface area contributed by atoms with E-state index in [0.717, 1.165) is 32.1 Å². The van der Waals surface area contributed by atoms with Crippen molar-refractivity contribution in [3.05, 3.63) is 12.7 Å². The lowest BCUT2D eigenvalue weighted by Crippen LogP contribution is -2.66. The Hall–Kier alpha value is -1.25. The third-order valence-corrected chi connectivity index (χ3v) is 6.66. The van der Waals surface area contributed by atoms with Gasteiger partial charge in [0, 0.05) is 6.08 Å². The summed E-state index contributed by atoms with van der Waals surface area (Å²) >= 11 is 0. The zero-order valence-electron chi connectivity index (χ0n) is 14.5. The number of esters is 1. The van der Waals surface area contributed by atoms with Crippen LogP contribution >= 0.6 is 0 Å². The first-order valence-electron chi connectivity index (χ1n) is 9.05. The Morgan fingerprint density at radius 1 is 1.00 bits per heavy atom. The van der Waals surface area contributed by atoms with Gasteiger partial charge >= 0.3 is 18.3 Å². The van der Waals surface area contributed by atoms with Crippen molar-refractivity contribution < 1.29 is 41.0 Å². The molecule has 4 aliphatic rings. The second kappa shape index (κ2) is 6.67. The van der Waals surface area contributed by atoms with Gasteiger partial charge < -0.3 is 9.84 Å². The topological polar surface area (TPSA) is 46.5 Å². The number of ether oxygens (including phenoxy) is 1. The highest BCUT2D eigenvalue weighted by atomic mass is 19.4. The maximum absolute atomic E-state index is 13.3. The molecule has 4 rings (SSSR count). The van der Waals surface area contributed by atoms with Crippen LogP contribution in [0.25, 0.3) is 0 Å². The molecule has 1 N–H and O–H groups in total. The van der Waals surface area contributed by atoms with E-state index in [1.165, 1.54) is 0 Å². The minimum absolute atomic E-state index is 0.0110. The predicted molar refractivity (Wildman–Crippen MR) is 82.3 cm³/mol. The van der Waals surface area contributed by atoms with E-state index in [9.17, 15) is 36.2 Å². The van der Waals surface area contributed by atoms with Crippen LogP contribution in [-0.4, -0.2) is 35.1 Å². The SMILES string of the molecule is C=CC(=O)OC(CC1C2CC3CC(C2)CC1C3)C(O)(C(F)(F)F)C(F)(F)F. The Bertz CT molecular complexity index is 555. The number of halogens is 6. The minimum atomic E-state index is -6.04. The van der Waals surface area contributed by atoms with Crippen LogP contribution in [0, 0.1) is 29.6 Å². The molecule has 27 heavy (non-hydrogen) atoms. The highest BCUT2D eigenvalue weighted by Gasteiger charge is 2.75. The van der Waals surface area contributed by atoms with E-state index in [0.29, 0.717) is 17.9 Å². The molecular weight excluding hydrogens is 378 g/mol. The average molecular weight is 400 g/mol. The number of rotatable bonds is 5. The van der Waals surface area contributed by atoms with Crippen LogP contribution in [0.5, 0.6) is 0 Å². The van der Waals surface area contributed by atoms with Crippen molar-refractivity contribution in [2.75, 3.05) is 0 Å². The summed E-state index contributed by atoms with van der Waals surface area (Å²) in [5, 5.41) is 9.78. The van der Waals surface area contributed by atoms with Crippen LogP contribution in [0.4, 0.5) is 26.3 Å². The third-order valence-electron chi connectivity index (χ3n) is 6.66. The molecule has 0 aromatic carbocycles. The summed E-state index contributed by atoms with van der Waals surface area (Å²) in [7, 11) is 0. The maximum atomic E-state index is 13.3. The summed E-state index contributed by atoms with van der Waals surface area (Å²) in [6.45, 7) is 3.02. The van der Waals surface area contributed by atoms with E-state index >= 15 is 0 Å². The Kier molecular flexibility index (Phi) is 5.06. The van der Waals surface area contributed by atoms with Gasteiger partial charge in [0.15, 0.2) is 0 Å². The summed E-state index contributed by atoms with van der Waals surface area (Å²) in [5.41, 5.74) is -5.12. The van der Waals surface area contributed by atoms with Crippen molar-refractivity contribution in [1.29, 1.82) is 0 Å². The van der Waals surface area contributed by atoms with Gasteiger partial charge in [0.25, 0.3) is 5.60 Å². The molecule has 0 saturated heterocycles. The lowest BCUT2D eigenvalue weighted by atomic mass is 9.51. The first-order chi connectivity index (χ1) is 12.4. The molecule has 4 saturated carbocycles. The molecule has 9 heteroatoms. The highest BCUT2D eigenvalue weighted by molar-refractivity contribution is 5.81. The minimum Gasteiger partial charge on any atom is -0.455 e. The fourth-order valence-electron chi connectivity index (χ4n) is 5.69. The zero-order valence-corrected chi connectivity index (χ0v) is 14.5. The Labute approximate surface area is 152 Å². The Morgan fingerprint density at radius 2 is 1.44 bits per heavy atom. The quantitative estimate of drug-likeness (QED) is 0.423. The lowest BCUT2D eigenvalue weighted by molar-refractivity contribution is -0.393. The smallest absolute Gasteiger partial charge is 0.430 e. The molecule has 1 unspecified atom stereocenters. The fraction of sp³-hybridized carbons (Fsp3) is 0.833. The molecule has 4 bridgehead atoms. The van der Waals surface area contributed by atoms with E-state index in [1.807, 2.05) is 0 Å². The first-order valence-corrected chi connectivity index (χ1v) is 9.05. The van der Waals surface area contributed by atoms with Gasteiger partial charge in [-0.25, -0.2) is 4.79 Å². The Balaban J connectivity index is 1.91. The number of alkyl halides is 6. The van der Waals surface area contributed by atoms with Crippen molar-refractivity contribution >= 4 is 5.97 Å². The molecule has 0 aromatic rings. The van der Waals surface area contributed by atoms with Gasteiger partial charge in [-0.15, -0.1) is 0 Å². The second-order valence-corrected chi connectivity index (χ2v) is 8.22. The third kappa shape index (κ3) is 3.47. The predicted octanol–water partition coefficient (Wildman–Crippen LogP) is 4.40. The molecule has 0 aliphatic heterocycles. The molecule has 1 atom stereocenters. The van der Waals surface area contributed by atoms with Crippen LogP contribution in [0.3, 0.4) is 0 Å². The molecule has 0 radical (unpaired) electrons. The maximum Gasteiger partial charge on any atom is 0.430 e. The van der Waals surface area contributed by atoms with Gasteiger partial charge in [-0.1, -0.05) is 6.58 Å². The van der Waals surface area contributed by atoms with Crippen molar-refractivity contribution in [3.63, 3.8) is 0 Å². The standard InChI is InChI=1S/C18H22F6O3/c1-2-15(25)27-14(16(26,17(19,20)21)18(22,23)24)8-13-11-4-9-3-10(6-11)7-12(13)5-9/h2,9-14,26H,1,3-8H2. The summed E-state index contributed by atoms with van der Waals surface area (Å²) < 4.78 is 84.5. The number of hydrogen-bond acceptors (Lipinski definition) is 3. The Morgan fingerprint density at radius 3 is 1.81 bits per heavy atom. The summed E-state index contributed by atoms with van der Waals surface area (Å²) in [4.78, 5) is 11.5. The first kappa shape index (κ1) is 20.5. The average Bonchev–Trinajstić information content (AvgIpc) is 2.53. The molecule has 3 nitrogen and oxygen atoms in total. The zero-order chi connectivity index (χ0) is 20.2. The molecule has 154 valence electrons. The van der Waals surface area contributed by atoms with Crippen molar-refractivity contribution in [2.24, 2.45) is 29.6 Å². The summed E-state index contributed by atoms with van der Waals surface area (Å²) in [5.74, 6) is -0.884. The van der Waals surface area contributed by atoms with Crippen LogP contribution in [-0.2, 0) is 9.53 Å². The van der Waals surface area contributed by atoms with Crippen molar-refractivity contribution in [3.8, 4) is 0 Å². The normalized spacial score (nSPS) is 34.4. The van der Waals surface area contributed by atoms with Crippen molar-refractivity contribution in [1.82, 2.24) is 0 Å². The second-order valence-electron chi connectivity index (χ2n) is 8.22. The van der Waals surface area contributed by atoms with Gasteiger partial charge in [0.2, 0.25) is 0 Å².